The molecule has 2 aromatic rings. The summed E-state index contributed by atoms with van der Waals surface area (Å²) in [5.74, 6) is -0.152. The molecule has 0 unspecified atom stereocenters. The summed E-state index contributed by atoms with van der Waals surface area (Å²) >= 11 is 6.11. The molecule has 0 aromatic carbocycles. The van der Waals surface area contributed by atoms with Crippen LogP contribution in [0.2, 0.25) is 5.15 Å². The summed E-state index contributed by atoms with van der Waals surface area (Å²) in [5.41, 5.74) is 1.45. The van der Waals surface area contributed by atoms with E-state index >= 15 is 0 Å². The van der Waals surface area contributed by atoms with E-state index in [-0.39, 0.29) is 5.91 Å². The van der Waals surface area contributed by atoms with Crippen LogP contribution in [0.3, 0.4) is 0 Å². The molecule has 6 heteroatoms. The van der Waals surface area contributed by atoms with Crippen LogP contribution < -0.4 is 5.32 Å². The molecule has 0 saturated carbocycles. The van der Waals surface area contributed by atoms with Crippen molar-refractivity contribution in [3.8, 4) is 0 Å². The molecule has 1 amide bonds. The first kappa shape index (κ1) is 17.5. The maximum Gasteiger partial charge on any atom is 0.244 e. The summed E-state index contributed by atoms with van der Waals surface area (Å²) in [6, 6.07) is 5.64. The average Bonchev–Trinajstić information content (AvgIpc) is 2.87. The van der Waals surface area contributed by atoms with Gasteiger partial charge in [-0.3, -0.25) is 9.20 Å². The fourth-order valence-corrected chi connectivity index (χ4v) is 2.32. The molecule has 0 aliphatic rings. The lowest BCUT2D eigenvalue weighted by Gasteiger charge is -2.04. The predicted molar refractivity (Wildman–Crippen MR) is 92.6 cm³/mol. The van der Waals surface area contributed by atoms with Gasteiger partial charge in [-0.2, -0.15) is 0 Å². The highest BCUT2D eigenvalue weighted by atomic mass is 35.5. The molecule has 0 aliphatic heterocycles. The molecule has 0 radical (unpaired) electrons. The third-order valence-corrected chi connectivity index (χ3v) is 3.60. The van der Waals surface area contributed by atoms with Crippen LogP contribution in [0.4, 0.5) is 0 Å². The number of carbonyl (C=O) groups is 1. The van der Waals surface area contributed by atoms with Crippen molar-refractivity contribution in [2.45, 2.75) is 26.2 Å². The fraction of sp³-hybridized carbons (Fsp3) is 0.412. The minimum Gasteiger partial charge on any atom is -0.381 e. The van der Waals surface area contributed by atoms with E-state index in [1.54, 1.807) is 6.08 Å². The fourth-order valence-electron chi connectivity index (χ4n) is 2.08. The van der Waals surface area contributed by atoms with Crippen molar-refractivity contribution in [3.63, 3.8) is 0 Å². The summed E-state index contributed by atoms with van der Waals surface area (Å²) in [6.45, 7) is 4.18. The second-order valence-corrected chi connectivity index (χ2v) is 5.52. The molecular formula is C17H22ClN3O2. The molecule has 1 N–H and O–H groups in total. The molecule has 0 bridgehead atoms. The van der Waals surface area contributed by atoms with Crippen molar-refractivity contribution in [1.29, 1.82) is 0 Å². The van der Waals surface area contributed by atoms with Gasteiger partial charge in [0.2, 0.25) is 5.91 Å². The largest absolute Gasteiger partial charge is 0.381 e. The van der Waals surface area contributed by atoms with Crippen LogP contribution >= 0.6 is 11.6 Å². The van der Waals surface area contributed by atoms with Crippen LogP contribution in [0.15, 0.2) is 30.5 Å². The number of imidazole rings is 1. The molecule has 0 atom stereocenters. The first-order valence-corrected chi connectivity index (χ1v) is 8.26. The smallest absolute Gasteiger partial charge is 0.244 e. The first-order valence-electron chi connectivity index (χ1n) is 7.88. The number of hydrogen-bond donors (Lipinski definition) is 1. The van der Waals surface area contributed by atoms with Crippen molar-refractivity contribution in [2.75, 3.05) is 19.8 Å². The number of amides is 1. The Balaban J connectivity index is 1.78. The summed E-state index contributed by atoms with van der Waals surface area (Å²) in [5, 5.41) is 3.20. The Morgan fingerprint density at radius 1 is 1.39 bits per heavy atom. The molecule has 2 rings (SSSR count). The van der Waals surface area contributed by atoms with Crippen LogP contribution in [-0.4, -0.2) is 35.1 Å². The second-order valence-electron chi connectivity index (χ2n) is 5.16. The standard InChI is InChI=1S/C17H22ClN3O2/c1-2-3-12-23-13-6-10-19-16(22)9-8-14-17(18)20-15-7-4-5-11-21(14)15/h4-5,7-9,11H,2-3,6,10,12-13H2,1H3,(H,19,22)/b9-8+. The van der Waals surface area contributed by atoms with Crippen molar-refractivity contribution >= 4 is 29.2 Å². The lowest BCUT2D eigenvalue weighted by molar-refractivity contribution is -0.116. The van der Waals surface area contributed by atoms with Crippen molar-refractivity contribution in [3.05, 3.63) is 41.3 Å². The van der Waals surface area contributed by atoms with E-state index in [1.165, 1.54) is 6.08 Å². The molecule has 2 aromatic heterocycles. The quantitative estimate of drug-likeness (QED) is 0.565. The van der Waals surface area contributed by atoms with Gasteiger partial charge in [-0.1, -0.05) is 31.0 Å². The zero-order valence-corrected chi connectivity index (χ0v) is 14.1. The Morgan fingerprint density at radius 3 is 3.04 bits per heavy atom. The molecule has 0 spiro atoms. The molecule has 23 heavy (non-hydrogen) atoms. The number of carbonyl (C=O) groups excluding carboxylic acids is 1. The molecule has 5 nitrogen and oxygen atoms in total. The van der Waals surface area contributed by atoms with E-state index in [0.29, 0.717) is 24.0 Å². The van der Waals surface area contributed by atoms with E-state index < -0.39 is 0 Å². The normalized spacial score (nSPS) is 11.4. The van der Waals surface area contributed by atoms with E-state index in [9.17, 15) is 4.79 Å². The van der Waals surface area contributed by atoms with E-state index in [1.807, 2.05) is 28.8 Å². The summed E-state index contributed by atoms with van der Waals surface area (Å²) in [4.78, 5) is 16.0. The van der Waals surface area contributed by atoms with Gasteiger partial charge in [0, 0.05) is 32.0 Å². The van der Waals surface area contributed by atoms with Gasteiger partial charge in [0.1, 0.15) is 5.65 Å². The Kier molecular flexibility index (Phi) is 7.10. The zero-order valence-electron chi connectivity index (χ0n) is 13.3. The van der Waals surface area contributed by atoms with E-state index in [0.717, 1.165) is 31.5 Å². The zero-order chi connectivity index (χ0) is 16.5. The highest BCUT2D eigenvalue weighted by Gasteiger charge is 2.07. The Hall–Kier alpha value is -1.85. The number of nitrogens with zero attached hydrogens (tertiary/aromatic N) is 2. The van der Waals surface area contributed by atoms with E-state index in [4.69, 9.17) is 16.3 Å². The number of pyridine rings is 1. The minimum absolute atomic E-state index is 0.152. The number of unbranched alkanes of at least 4 members (excludes halogenated alkanes) is 1. The SMILES string of the molecule is CCCCOCCCNC(=O)/C=C/c1c(Cl)nc2ccccn12. The van der Waals surface area contributed by atoms with Gasteiger partial charge in [0.15, 0.2) is 5.15 Å². The number of aromatic nitrogens is 2. The minimum atomic E-state index is -0.152. The summed E-state index contributed by atoms with van der Waals surface area (Å²) < 4.78 is 7.28. The van der Waals surface area contributed by atoms with Gasteiger partial charge in [0.25, 0.3) is 0 Å². The van der Waals surface area contributed by atoms with Gasteiger partial charge < -0.3 is 10.1 Å². The summed E-state index contributed by atoms with van der Waals surface area (Å²) in [6.07, 6.45) is 8.03. The Morgan fingerprint density at radius 2 is 2.22 bits per heavy atom. The Bertz CT molecular complexity index is 667. The highest BCUT2D eigenvalue weighted by Crippen LogP contribution is 2.18. The number of fused-ring (bicyclic) bond motifs is 1. The second kappa shape index (κ2) is 9.33. The van der Waals surface area contributed by atoms with Gasteiger partial charge in [-0.25, -0.2) is 4.98 Å². The van der Waals surface area contributed by atoms with Crippen LogP contribution in [0.1, 0.15) is 31.9 Å². The third kappa shape index (κ3) is 5.37. The van der Waals surface area contributed by atoms with Gasteiger partial charge >= 0.3 is 0 Å². The Labute approximate surface area is 141 Å². The average molecular weight is 336 g/mol. The molecule has 0 saturated heterocycles. The lowest BCUT2D eigenvalue weighted by atomic mass is 10.3. The molecule has 0 aliphatic carbocycles. The number of nitrogens with one attached hydrogen (secondary N) is 1. The molecule has 124 valence electrons. The lowest BCUT2D eigenvalue weighted by Crippen LogP contribution is -2.23. The molecule has 0 fully saturated rings. The van der Waals surface area contributed by atoms with Gasteiger partial charge in [0.05, 0.1) is 5.69 Å². The van der Waals surface area contributed by atoms with Crippen molar-refractivity contribution in [2.24, 2.45) is 0 Å². The first-order chi connectivity index (χ1) is 11.2. The summed E-state index contributed by atoms with van der Waals surface area (Å²) in [7, 11) is 0. The number of rotatable bonds is 9. The topological polar surface area (TPSA) is 55.6 Å². The van der Waals surface area contributed by atoms with Crippen LogP contribution in [0, 0.1) is 0 Å². The molecule has 2 heterocycles. The number of ether oxygens (including phenoxy) is 1. The van der Waals surface area contributed by atoms with Crippen molar-refractivity contribution in [1.82, 2.24) is 14.7 Å². The number of hydrogen-bond acceptors (Lipinski definition) is 3. The van der Waals surface area contributed by atoms with Gasteiger partial charge in [-0.05, 0) is 31.1 Å². The van der Waals surface area contributed by atoms with Gasteiger partial charge in [-0.15, -0.1) is 0 Å². The molecular weight excluding hydrogens is 314 g/mol. The third-order valence-electron chi connectivity index (χ3n) is 3.32. The van der Waals surface area contributed by atoms with Crippen LogP contribution in [0.25, 0.3) is 11.7 Å². The van der Waals surface area contributed by atoms with Crippen molar-refractivity contribution < 1.29 is 9.53 Å². The van der Waals surface area contributed by atoms with E-state index in [2.05, 4.69) is 17.2 Å². The van der Waals surface area contributed by atoms with Crippen LogP contribution in [0.5, 0.6) is 0 Å². The maximum atomic E-state index is 11.8. The van der Waals surface area contributed by atoms with Crippen LogP contribution in [-0.2, 0) is 9.53 Å². The predicted octanol–water partition coefficient (Wildman–Crippen LogP) is 3.32. The monoisotopic (exact) mass is 335 g/mol. The maximum absolute atomic E-state index is 11.8. The highest BCUT2D eigenvalue weighted by molar-refractivity contribution is 6.31. The number of halogens is 1.